The number of hydrogen-bond donors (Lipinski definition) is 3. The molecule has 1 rings (SSSR count). The van der Waals surface area contributed by atoms with Crippen LogP contribution in [0.3, 0.4) is 0 Å². The van der Waals surface area contributed by atoms with Crippen LogP contribution in [0.15, 0.2) is 0 Å². The zero-order valence-electron chi connectivity index (χ0n) is 6.91. The van der Waals surface area contributed by atoms with Crippen LogP contribution in [-0.4, -0.2) is 33.0 Å². The summed E-state index contributed by atoms with van der Waals surface area (Å²) in [7, 11) is -1.94. The van der Waals surface area contributed by atoms with Crippen LogP contribution in [0.5, 0.6) is 0 Å². The molecule has 0 amide bonds. The molecule has 0 spiro atoms. The highest BCUT2D eigenvalue weighted by Crippen LogP contribution is 2.32. The lowest BCUT2D eigenvalue weighted by Crippen LogP contribution is -2.27. The number of hydrogen-bond acceptors (Lipinski definition) is 6. The standard InChI is InChI=1S/C4H13N3.CH3O3P/c5-1-3-7-4-2-6;2-5-3-1-4-5/h7H,1-6H2;5H,1H2. The Morgan fingerprint density at radius 3 is 1.83 bits per heavy atom. The average molecular weight is 197 g/mol. The third-order valence-corrected chi connectivity index (χ3v) is 1.70. The van der Waals surface area contributed by atoms with Gasteiger partial charge in [0.25, 0.3) is 0 Å². The summed E-state index contributed by atoms with van der Waals surface area (Å²) in [5.41, 5.74) is 10.3. The molecule has 1 aliphatic heterocycles. The van der Waals surface area contributed by atoms with Crippen molar-refractivity contribution in [2.24, 2.45) is 11.5 Å². The van der Waals surface area contributed by atoms with E-state index >= 15 is 0 Å². The SMILES string of the molecule is NCCNCCN.O=[PH]1OCO1. The summed E-state index contributed by atoms with van der Waals surface area (Å²) in [4.78, 5) is 0. The first-order valence-corrected chi connectivity index (χ1v) is 4.94. The van der Waals surface area contributed by atoms with Gasteiger partial charge in [-0.1, -0.05) is 0 Å². The van der Waals surface area contributed by atoms with Gasteiger partial charge in [-0.05, 0) is 0 Å². The molecule has 0 saturated carbocycles. The summed E-state index contributed by atoms with van der Waals surface area (Å²) < 4.78 is 18.1. The molecule has 0 bridgehead atoms. The molecule has 0 atom stereocenters. The van der Waals surface area contributed by atoms with Gasteiger partial charge in [-0.3, -0.25) is 13.6 Å². The Kier molecular flexibility index (Phi) is 9.14. The van der Waals surface area contributed by atoms with Crippen LogP contribution in [0.25, 0.3) is 0 Å². The van der Waals surface area contributed by atoms with Crippen LogP contribution in [-0.2, 0) is 13.6 Å². The zero-order chi connectivity index (χ0) is 9.23. The van der Waals surface area contributed by atoms with E-state index < -0.39 is 8.25 Å². The molecule has 0 aromatic rings. The van der Waals surface area contributed by atoms with Gasteiger partial charge in [0.15, 0.2) is 6.79 Å². The Morgan fingerprint density at radius 2 is 1.67 bits per heavy atom. The van der Waals surface area contributed by atoms with E-state index in [1.165, 1.54) is 0 Å². The number of rotatable bonds is 4. The Hall–Kier alpha value is 0.0300. The fraction of sp³-hybridized carbons (Fsp3) is 1.00. The fourth-order valence-corrected chi connectivity index (χ4v) is 0.650. The molecule has 5 N–H and O–H groups in total. The van der Waals surface area contributed by atoms with Crippen molar-refractivity contribution >= 4 is 8.25 Å². The van der Waals surface area contributed by atoms with E-state index in [1.54, 1.807) is 0 Å². The average Bonchev–Trinajstić information content (AvgIpc) is 2.03. The van der Waals surface area contributed by atoms with E-state index in [4.69, 9.17) is 11.5 Å². The minimum Gasteiger partial charge on any atom is -0.329 e. The van der Waals surface area contributed by atoms with Gasteiger partial charge in [0.2, 0.25) is 0 Å². The van der Waals surface area contributed by atoms with Crippen molar-refractivity contribution in [2.45, 2.75) is 0 Å². The first kappa shape index (κ1) is 12.0. The van der Waals surface area contributed by atoms with Crippen LogP contribution >= 0.6 is 8.25 Å². The van der Waals surface area contributed by atoms with Crippen LogP contribution in [0.2, 0.25) is 0 Å². The summed E-state index contributed by atoms with van der Waals surface area (Å²) in [6, 6.07) is 0. The highest BCUT2D eigenvalue weighted by Gasteiger charge is 2.07. The van der Waals surface area contributed by atoms with Crippen molar-refractivity contribution in [1.29, 1.82) is 0 Å². The molecular weight excluding hydrogens is 181 g/mol. The smallest absolute Gasteiger partial charge is 0.323 e. The van der Waals surface area contributed by atoms with Gasteiger partial charge in [0, 0.05) is 26.2 Å². The topological polar surface area (TPSA) is 99.6 Å². The third-order valence-electron chi connectivity index (χ3n) is 0.996. The second kappa shape index (κ2) is 9.12. The van der Waals surface area contributed by atoms with E-state index in [9.17, 15) is 4.57 Å². The molecule has 0 radical (unpaired) electrons. The van der Waals surface area contributed by atoms with Gasteiger partial charge in [-0.15, -0.1) is 0 Å². The van der Waals surface area contributed by atoms with Crippen LogP contribution in [0.1, 0.15) is 0 Å². The summed E-state index contributed by atoms with van der Waals surface area (Å²) in [5.74, 6) is 0. The van der Waals surface area contributed by atoms with Crippen molar-refractivity contribution in [3.63, 3.8) is 0 Å². The number of nitrogens with one attached hydrogen (secondary N) is 1. The molecule has 1 aliphatic rings. The summed E-state index contributed by atoms with van der Waals surface area (Å²) >= 11 is 0. The highest BCUT2D eigenvalue weighted by molar-refractivity contribution is 7.34. The van der Waals surface area contributed by atoms with E-state index in [2.05, 4.69) is 14.4 Å². The lowest BCUT2D eigenvalue weighted by atomic mass is 10.6. The van der Waals surface area contributed by atoms with Crippen molar-refractivity contribution in [1.82, 2.24) is 5.32 Å². The van der Waals surface area contributed by atoms with E-state index in [1.807, 2.05) is 0 Å². The van der Waals surface area contributed by atoms with Crippen molar-refractivity contribution in [3.05, 3.63) is 0 Å². The molecule has 0 aromatic carbocycles. The third kappa shape index (κ3) is 8.13. The van der Waals surface area contributed by atoms with Crippen LogP contribution < -0.4 is 16.8 Å². The number of nitrogens with two attached hydrogens (primary N) is 2. The van der Waals surface area contributed by atoms with Gasteiger partial charge < -0.3 is 16.8 Å². The van der Waals surface area contributed by atoms with Gasteiger partial charge in [-0.25, -0.2) is 0 Å². The maximum Gasteiger partial charge on any atom is 0.323 e. The molecule has 1 saturated heterocycles. The molecule has 12 heavy (non-hydrogen) atoms. The van der Waals surface area contributed by atoms with Gasteiger partial charge in [0.05, 0.1) is 0 Å². The van der Waals surface area contributed by atoms with Crippen molar-refractivity contribution < 1.29 is 13.6 Å². The maximum atomic E-state index is 9.64. The lowest BCUT2D eigenvalue weighted by Gasteiger charge is -2.10. The fourth-order valence-electron chi connectivity index (χ4n) is 0.436. The molecule has 1 heterocycles. The molecule has 74 valence electrons. The van der Waals surface area contributed by atoms with Crippen molar-refractivity contribution in [3.8, 4) is 0 Å². The monoisotopic (exact) mass is 197 g/mol. The lowest BCUT2D eigenvalue weighted by molar-refractivity contribution is 0.0270. The quantitative estimate of drug-likeness (QED) is 0.389. The van der Waals surface area contributed by atoms with Crippen LogP contribution in [0, 0.1) is 0 Å². The van der Waals surface area contributed by atoms with E-state index in [0.717, 1.165) is 13.1 Å². The Labute approximate surface area is 72.5 Å². The molecule has 1 fully saturated rings. The largest absolute Gasteiger partial charge is 0.329 e. The van der Waals surface area contributed by atoms with Crippen molar-refractivity contribution in [2.75, 3.05) is 33.0 Å². The molecule has 0 aromatic heterocycles. The molecule has 0 aliphatic carbocycles. The molecule has 0 unspecified atom stereocenters. The first-order chi connectivity index (χ1) is 5.81. The maximum absolute atomic E-state index is 9.64. The highest BCUT2D eigenvalue weighted by atomic mass is 31.1. The normalized spacial score (nSPS) is 16.2. The predicted octanol–water partition coefficient (Wildman–Crippen LogP) is -1.13. The molecule has 7 heteroatoms. The Bertz CT molecular complexity index is 115. The zero-order valence-corrected chi connectivity index (χ0v) is 7.91. The first-order valence-electron chi connectivity index (χ1n) is 3.71. The van der Waals surface area contributed by atoms with Gasteiger partial charge >= 0.3 is 8.25 Å². The summed E-state index contributed by atoms with van der Waals surface area (Å²) in [6.45, 7) is 3.35. The predicted molar refractivity (Wildman–Crippen MR) is 47.0 cm³/mol. The Balaban J connectivity index is 0.000000211. The Morgan fingerprint density at radius 1 is 1.25 bits per heavy atom. The van der Waals surface area contributed by atoms with Gasteiger partial charge in [-0.2, -0.15) is 0 Å². The molecule has 6 nitrogen and oxygen atoms in total. The van der Waals surface area contributed by atoms with Crippen LogP contribution in [0.4, 0.5) is 0 Å². The second-order valence-corrected chi connectivity index (χ2v) is 3.06. The minimum absolute atomic E-state index is 0.220. The van der Waals surface area contributed by atoms with E-state index in [-0.39, 0.29) is 6.79 Å². The van der Waals surface area contributed by atoms with Gasteiger partial charge in [0.1, 0.15) is 0 Å². The minimum atomic E-state index is -1.94. The summed E-state index contributed by atoms with van der Waals surface area (Å²) in [5, 5.41) is 3.03. The summed E-state index contributed by atoms with van der Waals surface area (Å²) in [6.07, 6.45) is 0. The van der Waals surface area contributed by atoms with E-state index in [0.29, 0.717) is 13.1 Å². The molecular formula is C5H16N3O3P. The second-order valence-electron chi connectivity index (χ2n) is 1.98.